The van der Waals surface area contributed by atoms with Crippen molar-refractivity contribution in [2.45, 2.75) is 6.42 Å². The number of para-hydroxylation sites is 1. The van der Waals surface area contributed by atoms with E-state index in [0.717, 1.165) is 22.6 Å². The standard InChI is InChI=1S/C14H15NO2/c1-17-14-5-3-2-4-12(14)13-10-11(7-9-16)6-8-15-13/h2-6,8,10,16H,7,9H2,1H3. The smallest absolute Gasteiger partial charge is 0.128 e. The van der Waals surface area contributed by atoms with Crippen molar-refractivity contribution in [1.29, 1.82) is 0 Å². The number of hydrogen-bond acceptors (Lipinski definition) is 3. The quantitative estimate of drug-likeness (QED) is 0.874. The Kier molecular flexibility index (Phi) is 3.73. The number of aliphatic hydroxyl groups is 1. The molecule has 0 aliphatic carbocycles. The van der Waals surface area contributed by atoms with Gasteiger partial charge >= 0.3 is 0 Å². The van der Waals surface area contributed by atoms with E-state index in [-0.39, 0.29) is 6.61 Å². The van der Waals surface area contributed by atoms with Gasteiger partial charge < -0.3 is 9.84 Å². The van der Waals surface area contributed by atoms with Crippen LogP contribution >= 0.6 is 0 Å². The number of hydrogen-bond donors (Lipinski definition) is 1. The molecule has 1 aromatic heterocycles. The van der Waals surface area contributed by atoms with Gasteiger partial charge in [-0.2, -0.15) is 0 Å². The molecule has 3 nitrogen and oxygen atoms in total. The molecule has 88 valence electrons. The molecule has 1 N–H and O–H groups in total. The first-order chi connectivity index (χ1) is 8.35. The molecule has 0 spiro atoms. The van der Waals surface area contributed by atoms with Crippen LogP contribution in [-0.4, -0.2) is 23.8 Å². The van der Waals surface area contributed by atoms with E-state index < -0.39 is 0 Å². The lowest BCUT2D eigenvalue weighted by Gasteiger charge is -2.08. The van der Waals surface area contributed by atoms with Crippen LogP contribution in [0.25, 0.3) is 11.3 Å². The van der Waals surface area contributed by atoms with Crippen LogP contribution in [0, 0.1) is 0 Å². The maximum absolute atomic E-state index is 8.94. The van der Waals surface area contributed by atoms with Crippen molar-refractivity contribution >= 4 is 0 Å². The second-order valence-electron chi connectivity index (χ2n) is 3.72. The summed E-state index contributed by atoms with van der Waals surface area (Å²) in [7, 11) is 1.65. The monoisotopic (exact) mass is 229 g/mol. The summed E-state index contributed by atoms with van der Waals surface area (Å²) in [4.78, 5) is 4.34. The van der Waals surface area contributed by atoms with E-state index in [2.05, 4.69) is 4.98 Å². The van der Waals surface area contributed by atoms with E-state index in [1.807, 2.05) is 36.4 Å². The minimum Gasteiger partial charge on any atom is -0.496 e. The number of ether oxygens (including phenoxy) is 1. The zero-order valence-corrected chi connectivity index (χ0v) is 9.76. The van der Waals surface area contributed by atoms with Crippen molar-refractivity contribution in [3.63, 3.8) is 0 Å². The molecule has 1 heterocycles. The van der Waals surface area contributed by atoms with Gasteiger partial charge in [0.1, 0.15) is 5.75 Å². The number of benzene rings is 1. The molecule has 0 atom stereocenters. The molecule has 0 amide bonds. The molecule has 2 aromatic rings. The summed E-state index contributed by atoms with van der Waals surface area (Å²) in [6.07, 6.45) is 2.40. The largest absolute Gasteiger partial charge is 0.496 e. The highest BCUT2D eigenvalue weighted by molar-refractivity contribution is 5.67. The highest BCUT2D eigenvalue weighted by Gasteiger charge is 2.06. The van der Waals surface area contributed by atoms with E-state index in [4.69, 9.17) is 9.84 Å². The summed E-state index contributed by atoms with van der Waals surface area (Å²) in [6.45, 7) is 0.148. The van der Waals surface area contributed by atoms with E-state index in [1.165, 1.54) is 0 Å². The molecule has 0 saturated carbocycles. The third kappa shape index (κ3) is 2.63. The molecule has 0 unspecified atom stereocenters. The van der Waals surface area contributed by atoms with Gasteiger partial charge in [0.25, 0.3) is 0 Å². The molecule has 0 aliphatic rings. The van der Waals surface area contributed by atoms with Crippen LogP contribution in [-0.2, 0) is 6.42 Å². The van der Waals surface area contributed by atoms with Crippen molar-refractivity contribution in [1.82, 2.24) is 4.98 Å². The number of methoxy groups -OCH3 is 1. The van der Waals surface area contributed by atoms with Gasteiger partial charge in [-0.05, 0) is 36.2 Å². The average molecular weight is 229 g/mol. The zero-order chi connectivity index (χ0) is 12.1. The summed E-state index contributed by atoms with van der Waals surface area (Å²) in [5.41, 5.74) is 2.91. The SMILES string of the molecule is COc1ccccc1-c1cc(CCO)ccn1. The Hall–Kier alpha value is -1.87. The first-order valence-corrected chi connectivity index (χ1v) is 5.54. The first-order valence-electron chi connectivity index (χ1n) is 5.54. The second-order valence-corrected chi connectivity index (χ2v) is 3.72. The molecule has 0 aliphatic heterocycles. The van der Waals surface area contributed by atoms with Crippen molar-refractivity contribution in [2.24, 2.45) is 0 Å². The predicted molar refractivity (Wildman–Crippen MR) is 67.0 cm³/mol. The van der Waals surface area contributed by atoms with Crippen LogP contribution in [0.5, 0.6) is 5.75 Å². The molecule has 0 bridgehead atoms. The van der Waals surface area contributed by atoms with Crippen LogP contribution in [0.15, 0.2) is 42.6 Å². The summed E-state index contributed by atoms with van der Waals surface area (Å²) in [6, 6.07) is 11.7. The fourth-order valence-corrected chi connectivity index (χ4v) is 1.76. The van der Waals surface area contributed by atoms with Crippen molar-refractivity contribution in [2.75, 3.05) is 13.7 Å². The molecule has 17 heavy (non-hydrogen) atoms. The van der Waals surface area contributed by atoms with Gasteiger partial charge in [0.05, 0.1) is 12.8 Å². The van der Waals surface area contributed by atoms with Gasteiger partial charge in [0, 0.05) is 18.4 Å². The van der Waals surface area contributed by atoms with Crippen molar-refractivity contribution in [3.05, 3.63) is 48.2 Å². The Bertz CT molecular complexity index is 497. The van der Waals surface area contributed by atoms with Gasteiger partial charge in [-0.3, -0.25) is 4.98 Å². The molecule has 2 rings (SSSR count). The van der Waals surface area contributed by atoms with Crippen molar-refractivity contribution < 1.29 is 9.84 Å². The summed E-state index contributed by atoms with van der Waals surface area (Å²) >= 11 is 0. The summed E-state index contributed by atoms with van der Waals surface area (Å²) in [5, 5.41) is 8.94. The Balaban J connectivity index is 2.41. The normalized spacial score (nSPS) is 10.2. The third-order valence-electron chi connectivity index (χ3n) is 2.61. The van der Waals surface area contributed by atoms with Crippen LogP contribution in [0.2, 0.25) is 0 Å². The Labute approximate surface area is 101 Å². The minimum absolute atomic E-state index is 0.148. The first kappa shape index (κ1) is 11.6. The molecule has 0 radical (unpaired) electrons. The van der Waals surface area contributed by atoms with Gasteiger partial charge in [-0.1, -0.05) is 12.1 Å². The van der Waals surface area contributed by atoms with Gasteiger partial charge in [0.2, 0.25) is 0 Å². The lowest BCUT2D eigenvalue weighted by Crippen LogP contribution is -1.94. The Morgan fingerprint density at radius 1 is 1.24 bits per heavy atom. The minimum atomic E-state index is 0.148. The van der Waals surface area contributed by atoms with E-state index in [0.29, 0.717) is 6.42 Å². The average Bonchev–Trinajstić information content (AvgIpc) is 2.39. The van der Waals surface area contributed by atoms with Gasteiger partial charge in [-0.15, -0.1) is 0 Å². The molecule has 0 fully saturated rings. The van der Waals surface area contributed by atoms with E-state index in [1.54, 1.807) is 13.3 Å². The summed E-state index contributed by atoms with van der Waals surface area (Å²) in [5.74, 6) is 0.807. The fourth-order valence-electron chi connectivity index (χ4n) is 1.76. The fraction of sp³-hybridized carbons (Fsp3) is 0.214. The third-order valence-corrected chi connectivity index (χ3v) is 2.61. The zero-order valence-electron chi connectivity index (χ0n) is 9.76. The van der Waals surface area contributed by atoms with E-state index in [9.17, 15) is 0 Å². The molecule has 3 heteroatoms. The van der Waals surface area contributed by atoms with Gasteiger partial charge in [-0.25, -0.2) is 0 Å². The van der Waals surface area contributed by atoms with Crippen LogP contribution in [0.1, 0.15) is 5.56 Å². The van der Waals surface area contributed by atoms with Crippen molar-refractivity contribution in [3.8, 4) is 17.0 Å². The number of aromatic nitrogens is 1. The number of rotatable bonds is 4. The second kappa shape index (κ2) is 5.46. The lowest BCUT2D eigenvalue weighted by atomic mass is 10.1. The van der Waals surface area contributed by atoms with E-state index >= 15 is 0 Å². The molecular formula is C14H15NO2. The summed E-state index contributed by atoms with van der Waals surface area (Å²) < 4.78 is 5.31. The highest BCUT2D eigenvalue weighted by atomic mass is 16.5. The number of pyridine rings is 1. The molecular weight excluding hydrogens is 214 g/mol. The van der Waals surface area contributed by atoms with Crippen LogP contribution < -0.4 is 4.74 Å². The maximum atomic E-state index is 8.94. The number of aliphatic hydroxyl groups excluding tert-OH is 1. The molecule has 1 aromatic carbocycles. The topological polar surface area (TPSA) is 42.4 Å². The maximum Gasteiger partial charge on any atom is 0.128 e. The Morgan fingerprint density at radius 2 is 2.06 bits per heavy atom. The number of nitrogens with zero attached hydrogens (tertiary/aromatic N) is 1. The Morgan fingerprint density at radius 3 is 2.82 bits per heavy atom. The van der Waals surface area contributed by atoms with Crippen LogP contribution in [0.4, 0.5) is 0 Å². The highest BCUT2D eigenvalue weighted by Crippen LogP contribution is 2.28. The van der Waals surface area contributed by atoms with Gasteiger partial charge in [0.15, 0.2) is 0 Å². The molecule has 0 saturated heterocycles. The lowest BCUT2D eigenvalue weighted by molar-refractivity contribution is 0.299. The van der Waals surface area contributed by atoms with Crippen LogP contribution in [0.3, 0.4) is 0 Å². The predicted octanol–water partition coefficient (Wildman–Crippen LogP) is 2.29.